The third kappa shape index (κ3) is 1.07. The fourth-order valence-electron chi connectivity index (χ4n) is 2.65. The number of nitrogens with two attached hydrogens (primary N) is 1. The molecule has 3 rings (SSSR count). The monoisotopic (exact) mass is 139 g/mol. The molecule has 0 aromatic rings. The molecule has 0 aromatic heterocycles. The van der Waals surface area contributed by atoms with Gasteiger partial charge in [0.2, 0.25) is 0 Å². The van der Waals surface area contributed by atoms with Gasteiger partial charge in [0.1, 0.15) is 0 Å². The highest BCUT2D eigenvalue weighted by atomic mass is 14.7. The Morgan fingerprint density at radius 2 is 1.90 bits per heavy atom. The molecule has 3 fully saturated rings. The number of hydrogen-bond acceptors (Lipinski definition) is 1. The van der Waals surface area contributed by atoms with E-state index in [0.717, 1.165) is 11.8 Å². The summed E-state index contributed by atoms with van der Waals surface area (Å²) >= 11 is 0. The third-order valence-electron chi connectivity index (χ3n) is 3.34. The lowest BCUT2D eigenvalue weighted by Crippen LogP contribution is -2.34. The van der Waals surface area contributed by atoms with Gasteiger partial charge in [0.05, 0.1) is 0 Å². The number of hydrogen-bond donors (Lipinski definition) is 1. The highest BCUT2D eigenvalue weighted by Crippen LogP contribution is 2.38. The molecule has 58 valence electrons. The largest absolute Gasteiger partial charge is 0.327 e. The lowest BCUT2D eigenvalue weighted by atomic mass is 9.81. The van der Waals surface area contributed by atoms with Crippen LogP contribution in [0.3, 0.4) is 0 Å². The molecule has 0 aromatic carbocycles. The summed E-state index contributed by atoms with van der Waals surface area (Å²) in [5.74, 6) is 1.88. The first kappa shape index (κ1) is 6.66. The molecular weight excluding hydrogens is 122 g/mol. The minimum atomic E-state index is 0.557. The van der Waals surface area contributed by atoms with Crippen molar-refractivity contribution in [2.24, 2.45) is 17.6 Å². The topological polar surface area (TPSA) is 26.0 Å². The molecule has 0 unspecified atom stereocenters. The van der Waals surface area contributed by atoms with Crippen LogP contribution < -0.4 is 5.73 Å². The van der Waals surface area contributed by atoms with Gasteiger partial charge in [-0.2, -0.15) is 0 Å². The van der Waals surface area contributed by atoms with Gasteiger partial charge in [-0.3, -0.25) is 0 Å². The molecule has 3 saturated carbocycles. The molecule has 0 saturated heterocycles. The van der Waals surface area contributed by atoms with Crippen molar-refractivity contribution in [3.63, 3.8) is 0 Å². The summed E-state index contributed by atoms with van der Waals surface area (Å²) < 4.78 is 0. The van der Waals surface area contributed by atoms with Crippen LogP contribution in [0.15, 0.2) is 0 Å². The SMILES string of the molecule is N[C@H]1C[C@@H]2CCC[C@H]1CC2. The lowest BCUT2D eigenvalue weighted by Gasteiger charge is -2.29. The Balaban J connectivity index is 2.07. The van der Waals surface area contributed by atoms with E-state index in [4.69, 9.17) is 5.73 Å². The van der Waals surface area contributed by atoms with E-state index in [1.54, 1.807) is 0 Å². The van der Waals surface area contributed by atoms with Crippen LogP contribution in [0.25, 0.3) is 0 Å². The maximum atomic E-state index is 6.02. The zero-order valence-electron chi connectivity index (χ0n) is 6.55. The van der Waals surface area contributed by atoms with Gasteiger partial charge in [0.25, 0.3) is 0 Å². The molecule has 3 aliphatic rings. The summed E-state index contributed by atoms with van der Waals surface area (Å²) in [5, 5.41) is 0. The van der Waals surface area contributed by atoms with Gasteiger partial charge in [-0.15, -0.1) is 0 Å². The second-order valence-electron chi connectivity index (χ2n) is 4.03. The minimum Gasteiger partial charge on any atom is -0.327 e. The molecule has 1 heteroatoms. The maximum Gasteiger partial charge on any atom is 0.00698 e. The summed E-state index contributed by atoms with van der Waals surface area (Å²) in [6, 6.07) is 0.557. The predicted octanol–water partition coefficient (Wildman–Crippen LogP) is 1.91. The normalized spacial score (nSPS) is 47.1. The summed E-state index contributed by atoms with van der Waals surface area (Å²) in [5.41, 5.74) is 6.02. The van der Waals surface area contributed by atoms with Crippen LogP contribution in [0.4, 0.5) is 0 Å². The van der Waals surface area contributed by atoms with Crippen molar-refractivity contribution in [1.29, 1.82) is 0 Å². The highest BCUT2D eigenvalue weighted by molar-refractivity contribution is 4.85. The Bertz CT molecular complexity index is 118. The minimum absolute atomic E-state index is 0.557. The third-order valence-corrected chi connectivity index (χ3v) is 3.34. The van der Waals surface area contributed by atoms with Crippen molar-refractivity contribution in [1.82, 2.24) is 0 Å². The van der Waals surface area contributed by atoms with Crippen LogP contribution in [0, 0.1) is 11.8 Å². The Labute approximate surface area is 63.0 Å². The van der Waals surface area contributed by atoms with Gasteiger partial charge in [0, 0.05) is 6.04 Å². The van der Waals surface area contributed by atoms with E-state index in [-0.39, 0.29) is 0 Å². The summed E-state index contributed by atoms with van der Waals surface area (Å²) in [6.45, 7) is 0. The second-order valence-corrected chi connectivity index (χ2v) is 4.03. The molecule has 0 aliphatic heterocycles. The molecule has 2 N–H and O–H groups in total. The molecule has 2 bridgehead atoms. The first-order valence-corrected chi connectivity index (χ1v) is 4.62. The van der Waals surface area contributed by atoms with Gasteiger partial charge >= 0.3 is 0 Å². The van der Waals surface area contributed by atoms with Crippen molar-refractivity contribution in [2.75, 3.05) is 0 Å². The van der Waals surface area contributed by atoms with Crippen LogP contribution in [-0.4, -0.2) is 6.04 Å². The molecule has 0 amide bonds. The summed E-state index contributed by atoms with van der Waals surface area (Å²) in [4.78, 5) is 0. The maximum absolute atomic E-state index is 6.02. The van der Waals surface area contributed by atoms with Gasteiger partial charge in [-0.05, 0) is 31.1 Å². The molecule has 10 heavy (non-hydrogen) atoms. The number of rotatable bonds is 0. The van der Waals surface area contributed by atoms with Crippen molar-refractivity contribution in [2.45, 2.75) is 44.6 Å². The van der Waals surface area contributed by atoms with Crippen molar-refractivity contribution < 1.29 is 0 Å². The zero-order chi connectivity index (χ0) is 6.97. The van der Waals surface area contributed by atoms with Crippen LogP contribution >= 0.6 is 0 Å². The molecular formula is C9H17N. The van der Waals surface area contributed by atoms with E-state index in [0.29, 0.717) is 6.04 Å². The highest BCUT2D eigenvalue weighted by Gasteiger charge is 2.30. The first-order valence-electron chi connectivity index (χ1n) is 4.62. The fraction of sp³-hybridized carbons (Fsp3) is 1.00. The Hall–Kier alpha value is -0.0400. The van der Waals surface area contributed by atoms with Crippen LogP contribution in [0.2, 0.25) is 0 Å². The van der Waals surface area contributed by atoms with E-state index in [9.17, 15) is 0 Å². The van der Waals surface area contributed by atoms with E-state index in [2.05, 4.69) is 0 Å². The van der Waals surface area contributed by atoms with Crippen molar-refractivity contribution in [3.05, 3.63) is 0 Å². The Kier molecular flexibility index (Phi) is 1.69. The fourth-order valence-corrected chi connectivity index (χ4v) is 2.65. The molecule has 3 aliphatic carbocycles. The zero-order valence-corrected chi connectivity index (χ0v) is 6.55. The van der Waals surface area contributed by atoms with Gasteiger partial charge in [-0.1, -0.05) is 19.3 Å². The molecule has 0 heterocycles. The van der Waals surface area contributed by atoms with Crippen molar-refractivity contribution >= 4 is 0 Å². The Morgan fingerprint density at radius 3 is 2.70 bits per heavy atom. The van der Waals surface area contributed by atoms with E-state index < -0.39 is 0 Å². The Morgan fingerprint density at radius 1 is 1.00 bits per heavy atom. The van der Waals surface area contributed by atoms with Gasteiger partial charge < -0.3 is 5.73 Å². The van der Waals surface area contributed by atoms with E-state index in [1.165, 1.54) is 38.5 Å². The van der Waals surface area contributed by atoms with Gasteiger partial charge in [-0.25, -0.2) is 0 Å². The first-order chi connectivity index (χ1) is 4.86. The molecule has 0 radical (unpaired) electrons. The molecule has 3 atom stereocenters. The molecule has 1 nitrogen and oxygen atoms in total. The second kappa shape index (κ2) is 2.54. The predicted molar refractivity (Wildman–Crippen MR) is 42.7 cm³/mol. The van der Waals surface area contributed by atoms with Gasteiger partial charge in [0.15, 0.2) is 0 Å². The van der Waals surface area contributed by atoms with Crippen LogP contribution in [0.5, 0.6) is 0 Å². The van der Waals surface area contributed by atoms with Crippen molar-refractivity contribution in [3.8, 4) is 0 Å². The quantitative estimate of drug-likeness (QED) is 0.545. The average molecular weight is 139 g/mol. The number of fused-ring (bicyclic) bond motifs is 4. The summed E-state index contributed by atoms with van der Waals surface area (Å²) in [6.07, 6.45) is 8.54. The van der Waals surface area contributed by atoms with Crippen LogP contribution in [0.1, 0.15) is 38.5 Å². The van der Waals surface area contributed by atoms with Crippen LogP contribution in [-0.2, 0) is 0 Å². The standard InChI is InChI=1S/C9H17N/c10-9-6-7-2-1-3-8(9)5-4-7/h7-9H,1-6,10H2/t7-,8+,9+/m1/s1. The lowest BCUT2D eigenvalue weighted by molar-refractivity contribution is 0.266. The molecule has 0 spiro atoms. The smallest absolute Gasteiger partial charge is 0.00698 e. The van der Waals surface area contributed by atoms with E-state index >= 15 is 0 Å². The van der Waals surface area contributed by atoms with E-state index in [1.807, 2.05) is 0 Å². The summed E-state index contributed by atoms with van der Waals surface area (Å²) in [7, 11) is 0. The average Bonchev–Trinajstić information content (AvgIpc) is 2.20.